The standard InChI is InChI=1S/C29H30N.C13H24O2.Ir/c1-17(2)24-21-14-9-8-12-19(21)16-22-26(24)29(6,7)28(4,5)25-18(3)20-13-10-11-15-23(20)30-27(22)25;1-5-10(6-2)12(14)9-13(15)11(7-3)8-4;/h8-15,17H,1-7H3;9-11,14H,5-8H2,1-4H3;/q-1;;/b;12-9-;. The molecule has 46 heavy (non-hydrogen) atoms. The van der Waals surface area contributed by atoms with E-state index in [1.807, 2.05) is 27.7 Å². The van der Waals surface area contributed by atoms with Crippen LogP contribution < -0.4 is 0 Å². The van der Waals surface area contributed by atoms with E-state index in [-0.39, 0.29) is 54.3 Å². The summed E-state index contributed by atoms with van der Waals surface area (Å²) in [4.78, 5) is 17.0. The molecule has 0 saturated carbocycles. The second kappa shape index (κ2) is 15.0. The topological polar surface area (TPSA) is 50.2 Å². The molecule has 3 nitrogen and oxygen atoms in total. The molecule has 0 bridgehead atoms. The van der Waals surface area contributed by atoms with Crippen LogP contribution in [0.3, 0.4) is 0 Å². The molecular weight excluding hydrogens is 743 g/mol. The van der Waals surface area contributed by atoms with E-state index in [2.05, 4.69) is 103 Å². The first-order valence-corrected chi connectivity index (χ1v) is 17.1. The van der Waals surface area contributed by atoms with Crippen molar-refractivity contribution >= 4 is 27.5 Å². The number of aromatic nitrogens is 1. The number of pyridine rings is 1. The number of nitrogens with zero attached hydrogens (tertiary/aromatic N) is 1. The molecule has 1 N–H and O–H groups in total. The number of benzene rings is 3. The van der Waals surface area contributed by atoms with Gasteiger partial charge in [-0.1, -0.05) is 122 Å². The second-order valence-electron chi connectivity index (χ2n) is 14.2. The number of aryl methyl sites for hydroxylation is 1. The minimum Gasteiger partial charge on any atom is -0.512 e. The number of hydrogen-bond donors (Lipinski definition) is 1. The van der Waals surface area contributed by atoms with Gasteiger partial charge >= 0.3 is 0 Å². The van der Waals surface area contributed by atoms with Gasteiger partial charge < -0.3 is 5.11 Å². The quantitative estimate of drug-likeness (QED) is 0.110. The van der Waals surface area contributed by atoms with Gasteiger partial charge in [-0.25, -0.2) is 0 Å². The fraction of sp³-hybridized carbons (Fsp3) is 0.476. The van der Waals surface area contributed by atoms with E-state index in [4.69, 9.17) is 4.98 Å². The van der Waals surface area contributed by atoms with Crippen molar-refractivity contribution in [2.45, 2.75) is 119 Å². The Morgan fingerprint density at radius 2 is 1.35 bits per heavy atom. The number of rotatable bonds is 8. The zero-order valence-electron chi connectivity index (χ0n) is 29.9. The van der Waals surface area contributed by atoms with Crippen LogP contribution in [0.4, 0.5) is 0 Å². The number of hydrogen-bond acceptors (Lipinski definition) is 3. The molecule has 1 aliphatic carbocycles. The number of para-hydroxylation sites is 1. The van der Waals surface area contributed by atoms with Crippen LogP contribution >= 0.6 is 0 Å². The predicted octanol–water partition coefficient (Wildman–Crippen LogP) is 11.7. The normalized spacial score (nSPS) is 15.0. The summed E-state index contributed by atoms with van der Waals surface area (Å²) < 4.78 is 0. The molecule has 0 unspecified atom stereocenters. The van der Waals surface area contributed by atoms with E-state index in [9.17, 15) is 9.90 Å². The molecule has 0 atom stereocenters. The van der Waals surface area contributed by atoms with Crippen molar-refractivity contribution in [1.29, 1.82) is 0 Å². The van der Waals surface area contributed by atoms with Crippen LogP contribution in [-0.2, 0) is 35.7 Å². The van der Waals surface area contributed by atoms with Gasteiger partial charge in [-0.05, 0) is 66.5 Å². The fourth-order valence-corrected chi connectivity index (χ4v) is 7.45. The third-order valence-corrected chi connectivity index (χ3v) is 10.9. The van der Waals surface area contributed by atoms with Gasteiger partial charge in [0.05, 0.1) is 11.3 Å². The first kappa shape index (κ1) is 37.6. The summed E-state index contributed by atoms with van der Waals surface area (Å²) in [6.45, 7) is 24.6. The number of carbonyl (C=O) groups is 1. The van der Waals surface area contributed by atoms with Gasteiger partial charge in [0.25, 0.3) is 0 Å². The van der Waals surface area contributed by atoms with Crippen molar-refractivity contribution in [3.8, 4) is 11.3 Å². The second-order valence-corrected chi connectivity index (χ2v) is 14.2. The summed E-state index contributed by atoms with van der Waals surface area (Å²) in [6, 6.07) is 21.1. The minimum atomic E-state index is -0.0591. The van der Waals surface area contributed by atoms with Gasteiger partial charge in [0, 0.05) is 49.1 Å². The smallest absolute Gasteiger partial charge is 0.162 e. The summed E-state index contributed by atoms with van der Waals surface area (Å²) >= 11 is 0. The molecule has 4 aromatic rings. The predicted molar refractivity (Wildman–Crippen MR) is 192 cm³/mol. The van der Waals surface area contributed by atoms with Crippen molar-refractivity contribution in [2.24, 2.45) is 11.8 Å². The zero-order chi connectivity index (χ0) is 33.3. The van der Waals surface area contributed by atoms with E-state index in [1.54, 1.807) is 0 Å². The number of aliphatic hydroxyl groups is 1. The zero-order valence-corrected chi connectivity index (χ0v) is 32.3. The van der Waals surface area contributed by atoms with Crippen LogP contribution in [0.15, 0.2) is 60.4 Å². The number of fused-ring (bicyclic) bond motifs is 5. The average Bonchev–Trinajstić information content (AvgIpc) is 3.00. The molecule has 0 amide bonds. The maximum Gasteiger partial charge on any atom is 0.162 e. The maximum absolute atomic E-state index is 11.7. The van der Waals surface area contributed by atoms with Gasteiger partial charge in [-0.15, -0.1) is 23.1 Å². The molecule has 4 heteroatoms. The van der Waals surface area contributed by atoms with Gasteiger partial charge in [0.2, 0.25) is 0 Å². The van der Waals surface area contributed by atoms with Crippen LogP contribution in [0.5, 0.6) is 0 Å². The molecule has 249 valence electrons. The van der Waals surface area contributed by atoms with Crippen molar-refractivity contribution in [3.63, 3.8) is 0 Å². The van der Waals surface area contributed by atoms with E-state index < -0.39 is 0 Å². The maximum atomic E-state index is 11.7. The first-order valence-electron chi connectivity index (χ1n) is 17.1. The molecule has 1 heterocycles. The van der Waals surface area contributed by atoms with Crippen LogP contribution in [0.1, 0.15) is 123 Å². The molecule has 5 rings (SSSR count). The Bertz CT molecular complexity index is 1720. The van der Waals surface area contributed by atoms with E-state index in [0.717, 1.165) is 36.9 Å². The van der Waals surface area contributed by atoms with Crippen molar-refractivity contribution in [2.75, 3.05) is 0 Å². The molecule has 1 aromatic heterocycles. The monoisotopic (exact) mass is 797 g/mol. The number of aliphatic hydroxyl groups excluding tert-OH is 1. The Morgan fingerprint density at radius 3 is 1.91 bits per heavy atom. The molecule has 0 aliphatic heterocycles. The molecule has 1 radical (unpaired) electrons. The van der Waals surface area contributed by atoms with E-state index in [1.165, 1.54) is 50.1 Å². The van der Waals surface area contributed by atoms with Crippen molar-refractivity contribution < 1.29 is 30.0 Å². The summed E-state index contributed by atoms with van der Waals surface area (Å²) in [7, 11) is 0. The Hall–Kier alpha value is -2.81. The molecule has 0 fully saturated rings. The van der Waals surface area contributed by atoms with Crippen LogP contribution in [0.2, 0.25) is 0 Å². The number of ketones is 1. The molecule has 1 aliphatic rings. The molecule has 0 spiro atoms. The third kappa shape index (κ3) is 6.63. The third-order valence-electron chi connectivity index (χ3n) is 10.9. The number of carbonyl (C=O) groups excluding carboxylic acids is 1. The fourth-order valence-electron chi connectivity index (χ4n) is 7.45. The SMILES string of the molecule is CCC(CC)C(=O)/C=C(\O)C(CC)CC.Cc1c2c(nc3ccccc13)-c1[c-]c3ccccc3c(C(C)C)c1C(C)(C)C2(C)C.[Ir]. The number of allylic oxidation sites excluding steroid dienone is 2. The van der Waals surface area contributed by atoms with E-state index >= 15 is 0 Å². The molecular formula is C42H54IrNO2-. The van der Waals surface area contributed by atoms with E-state index in [0.29, 0.717) is 5.92 Å². The molecule has 0 saturated heterocycles. The molecule has 3 aromatic carbocycles. The summed E-state index contributed by atoms with van der Waals surface area (Å²) in [5, 5.41) is 13.5. The summed E-state index contributed by atoms with van der Waals surface area (Å²) in [5.74, 6) is 0.975. The Balaban J connectivity index is 0.000000309. The minimum absolute atomic E-state index is 0. The largest absolute Gasteiger partial charge is 0.512 e. The van der Waals surface area contributed by atoms with Crippen LogP contribution in [-0.4, -0.2) is 15.9 Å². The Morgan fingerprint density at radius 1 is 0.826 bits per heavy atom. The van der Waals surface area contributed by atoms with Gasteiger partial charge in [0.15, 0.2) is 5.78 Å². The van der Waals surface area contributed by atoms with Gasteiger partial charge in [0.1, 0.15) is 0 Å². The Kier molecular flexibility index (Phi) is 12.2. The van der Waals surface area contributed by atoms with Crippen LogP contribution in [0.25, 0.3) is 32.9 Å². The van der Waals surface area contributed by atoms with Gasteiger partial charge in [-0.2, -0.15) is 0 Å². The van der Waals surface area contributed by atoms with Gasteiger partial charge in [-0.3, -0.25) is 9.78 Å². The van der Waals surface area contributed by atoms with Crippen molar-refractivity contribution in [1.82, 2.24) is 4.98 Å². The Labute approximate surface area is 291 Å². The average molecular weight is 797 g/mol. The first-order chi connectivity index (χ1) is 21.3. The summed E-state index contributed by atoms with van der Waals surface area (Å²) in [5.41, 5.74) is 8.89. The van der Waals surface area contributed by atoms with Crippen LogP contribution in [0, 0.1) is 24.8 Å². The summed E-state index contributed by atoms with van der Waals surface area (Å²) in [6.07, 6.45) is 4.91. The van der Waals surface area contributed by atoms with Crippen molar-refractivity contribution in [3.05, 3.63) is 88.7 Å².